The Morgan fingerprint density at radius 2 is 1.88 bits per heavy atom. The standard InChI is InChI=1S/C22H28N2O2/c1-16-7-10-19(14-21(16)25)22(26)24-13-5-4-6-20(24)18-11-8-17(9-12-18)15-23(2)3/h7-12,14,20,25H,4-6,13,15H2,1-3H3/t20-/m1/s1. The van der Waals surface area contributed by atoms with Crippen LogP contribution in [0.25, 0.3) is 0 Å². The summed E-state index contributed by atoms with van der Waals surface area (Å²) in [7, 11) is 4.12. The molecule has 0 radical (unpaired) electrons. The molecule has 1 saturated heterocycles. The molecule has 0 bridgehead atoms. The number of hydrogen-bond donors (Lipinski definition) is 1. The molecule has 26 heavy (non-hydrogen) atoms. The van der Waals surface area contributed by atoms with Gasteiger partial charge in [-0.2, -0.15) is 0 Å². The van der Waals surface area contributed by atoms with Crippen LogP contribution in [0.3, 0.4) is 0 Å². The second-order valence-corrected chi connectivity index (χ2v) is 7.49. The number of aryl methyl sites for hydroxylation is 1. The Labute approximate surface area is 156 Å². The lowest BCUT2D eigenvalue weighted by Crippen LogP contribution is -2.38. The van der Waals surface area contributed by atoms with E-state index in [2.05, 4.69) is 43.3 Å². The largest absolute Gasteiger partial charge is 0.508 e. The number of rotatable bonds is 4. The predicted octanol–water partition coefficient (Wildman–Crippen LogP) is 4.13. The molecule has 1 atom stereocenters. The lowest BCUT2D eigenvalue weighted by Gasteiger charge is -2.36. The van der Waals surface area contributed by atoms with Gasteiger partial charge in [0, 0.05) is 18.7 Å². The minimum atomic E-state index is 0.00219. The molecule has 2 aromatic rings. The van der Waals surface area contributed by atoms with Crippen molar-refractivity contribution in [2.24, 2.45) is 0 Å². The van der Waals surface area contributed by atoms with Crippen molar-refractivity contribution in [2.45, 2.75) is 38.8 Å². The van der Waals surface area contributed by atoms with Gasteiger partial charge in [-0.25, -0.2) is 0 Å². The minimum Gasteiger partial charge on any atom is -0.508 e. The number of hydrogen-bond acceptors (Lipinski definition) is 3. The molecule has 2 aromatic carbocycles. The van der Waals surface area contributed by atoms with E-state index in [-0.39, 0.29) is 17.7 Å². The van der Waals surface area contributed by atoms with Gasteiger partial charge in [-0.05, 0) is 69.1 Å². The Balaban J connectivity index is 1.83. The fraction of sp³-hybridized carbons (Fsp3) is 0.409. The van der Waals surface area contributed by atoms with E-state index in [0.717, 1.165) is 37.9 Å². The van der Waals surface area contributed by atoms with Crippen LogP contribution in [-0.4, -0.2) is 41.5 Å². The Kier molecular flexibility index (Phi) is 5.62. The molecule has 0 spiro atoms. The van der Waals surface area contributed by atoms with Gasteiger partial charge in [0.15, 0.2) is 0 Å². The molecular weight excluding hydrogens is 324 g/mol. The van der Waals surface area contributed by atoms with Crippen molar-refractivity contribution in [1.82, 2.24) is 9.80 Å². The van der Waals surface area contributed by atoms with Crippen LogP contribution in [0.15, 0.2) is 42.5 Å². The van der Waals surface area contributed by atoms with Crippen molar-refractivity contribution < 1.29 is 9.90 Å². The number of benzene rings is 2. The molecule has 1 fully saturated rings. The van der Waals surface area contributed by atoms with Gasteiger partial charge in [0.1, 0.15) is 5.75 Å². The zero-order valence-corrected chi connectivity index (χ0v) is 15.9. The van der Waals surface area contributed by atoms with Crippen LogP contribution in [0.4, 0.5) is 0 Å². The van der Waals surface area contributed by atoms with Crippen molar-refractivity contribution in [3.8, 4) is 5.75 Å². The summed E-state index contributed by atoms with van der Waals surface area (Å²) in [6, 6.07) is 13.9. The molecule has 0 saturated carbocycles. The van der Waals surface area contributed by atoms with Crippen LogP contribution in [0.2, 0.25) is 0 Å². The summed E-state index contributed by atoms with van der Waals surface area (Å²) in [4.78, 5) is 17.2. The maximum Gasteiger partial charge on any atom is 0.254 e. The molecule has 1 aliphatic heterocycles. The quantitative estimate of drug-likeness (QED) is 0.900. The van der Waals surface area contributed by atoms with E-state index >= 15 is 0 Å². The van der Waals surface area contributed by atoms with Crippen LogP contribution in [0.1, 0.15) is 52.4 Å². The second-order valence-electron chi connectivity index (χ2n) is 7.49. The van der Waals surface area contributed by atoms with Gasteiger partial charge in [-0.3, -0.25) is 4.79 Å². The Morgan fingerprint density at radius 1 is 1.15 bits per heavy atom. The first-order valence-electron chi connectivity index (χ1n) is 9.30. The van der Waals surface area contributed by atoms with Gasteiger partial charge in [0.2, 0.25) is 0 Å². The fourth-order valence-corrected chi connectivity index (χ4v) is 3.64. The van der Waals surface area contributed by atoms with Crippen LogP contribution in [0.5, 0.6) is 5.75 Å². The molecule has 1 heterocycles. The van der Waals surface area contributed by atoms with Gasteiger partial charge >= 0.3 is 0 Å². The van der Waals surface area contributed by atoms with Gasteiger partial charge in [-0.1, -0.05) is 30.3 Å². The van der Waals surface area contributed by atoms with Crippen molar-refractivity contribution >= 4 is 5.91 Å². The average Bonchev–Trinajstić information content (AvgIpc) is 2.63. The maximum atomic E-state index is 13.1. The van der Waals surface area contributed by atoms with Crippen molar-refractivity contribution in [3.05, 3.63) is 64.7 Å². The molecule has 0 aromatic heterocycles. The molecule has 4 nitrogen and oxygen atoms in total. The average molecular weight is 352 g/mol. The number of phenolic OH excluding ortho intramolecular Hbond substituents is 1. The fourth-order valence-electron chi connectivity index (χ4n) is 3.64. The van der Waals surface area contributed by atoms with Gasteiger partial charge < -0.3 is 14.9 Å². The molecule has 1 aliphatic rings. The van der Waals surface area contributed by atoms with Crippen LogP contribution in [0, 0.1) is 6.92 Å². The smallest absolute Gasteiger partial charge is 0.254 e. The zero-order valence-electron chi connectivity index (χ0n) is 15.9. The Bertz CT molecular complexity index is 768. The number of nitrogens with zero attached hydrogens (tertiary/aromatic N) is 2. The summed E-state index contributed by atoms with van der Waals surface area (Å²) >= 11 is 0. The highest BCUT2D eigenvalue weighted by atomic mass is 16.3. The molecule has 3 rings (SSSR count). The molecule has 138 valence electrons. The van der Waals surface area contributed by atoms with Gasteiger partial charge in [-0.15, -0.1) is 0 Å². The Morgan fingerprint density at radius 3 is 2.54 bits per heavy atom. The third kappa shape index (κ3) is 4.07. The number of piperidine rings is 1. The number of carbonyl (C=O) groups excluding carboxylic acids is 1. The van der Waals surface area contributed by atoms with Crippen molar-refractivity contribution in [3.63, 3.8) is 0 Å². The lowest BCUT2D eigenvalue weighted by molar-refractivity contribution is 0.0611. The highest BCUT2D eigenvalue weighted by Crippen LogP contribution is 2.33. The number of amides is 1. The van der Waals surface area contributed by atoms with Crippen LogP contribution < -0.4 is 0 Å². The van der Waals surface area contributed by atoms with Crippen molar-refractivity contribution in [1.29, 1.82) is 0 Å². The van der Waals surface area contributed by atoms with Gasteiger partial charge in [0.25, 0.3) is 5.91 Å². The first-order chi connectivity index (χ1) is 12.5. The summed E-state index contributed by atoms with van der Waals surface area (Å²) in [6.45, 7) is 3.51. The van der Waals surface area contributed by atoms with E-state index < -0.39 is 0 Å². The van der Waals surface area contributed by atoms with E-state index in [9.17, 15) is 9.90 Å². The number of carbonyl (C=O) groups is 1. The van der Waals surface area contributed by atoms with E-state index in [0.29, 0.717) is 5.56 Å². The third-order valence-corrected chi connectivity index (χ3v) is 5.08. The first-order valence-corrected chi connectivity index (χ1v) is 9.30. The molecule has 0 unspecified atom stereocenters. The number of phenols is 1. The summed E-state index contributed by atoms with van der Waals surface area (Å²) in [5.74, 6) is 0.180. The molecular formula is C22H28N2O2. The van der Waals surface area contributed by atoms with Crippen LogP contribution >= 0.6 is 0 Å². The third-order valence-electron chi connectivity index (χ3n) is 5.08. The van der Waals surface area contributed by atoms with Crippen LogP contribution in [-0.2, 0) is 6.54 Å². The molecule has 0 aliphatic carbocycles. The second kappa shape index (κ2) is 7.92. The lowest BCUT2D eigenvalue weighted by atomic mass is 9.93. The molecule has 1 amide bonds. The van der Waals surface area contributed by atoms with Gasteiger partial charge in [0.05, 0.1) is 6.04 Å². The highest BCUT2D eigenvalue weighted by Gasteiger charge is 2.28. The van der Waals surface area contributed by atoms with E-state index in [1.807, 2.05) is 17.9 Å². The number of likely N-dealkylation sites (tertiary alicyclic amines) is 1. The normalized spacial score (nSPS) is 17.5. The summed E-state index contributed by atoms with van der Waals surface area (Å²) in [6.07, 6.45) is 3.14. The van der Waals surface area contributed by atoms with E-state index in [1.54, 1.807) is 12.1 Å². The Hall–Kier alpha value is -2.33. The molecule has 4 heteroatoms. The highest BCUT2D eigenvalue weighted by molar-refractivity contribution is 5.95. The summed E-state index contributed by atoms with van der Waals surface area (Å²) in [5, 5.41) is 9.96. The zero-order chi connectivity index (χ0) is 18.7. The topological polar surface area (TPSA) is 43.8 Å². The predicted molar refractivity (Wildman–Crippen MR) is 104 cm³/mol. The SMILES string of the molecule is Cc1ccc(C(=O)N2CCCC[C@@H]2c2ccc(CN(C)C)cc2)cc1O. The van der Waals surface area contributed by atoms with E-state index in [4.69, 9.17) is 0 Å². The first kappa shape index (κ1) is 18.5. The monoisotopic (exact) mass is 352 g/mol. The molecule has 1 N–H and O–H groups in total. The van der Waals surface area contributed by atoms with Crippen molar-refractivity contribution in [2.75, 3.05) is 20.6 Å². The summed E-state index contributed by atoms with van der Waals surface area (Å²) in [5.41, 5.74) is 3.81. The summed E-state index contributed by atoms with van der Waals surface area (Å²) < 4.78 is 0. The minimum absolute atomic E-state index is 0.00219. The van der Waals surface area contributed by atoms with E-state index in [1.165, 1.54) is 11.1 Å². The number of aromatic hydroxyl groups is 1. The maximum absolute atomic E-state index is 13.1.